The summed E-state index contributed by atoms with van der Waals surface area (Å²) in [5.74, 6) is -0.681. The number of esters is 1. The van der Waals surface area contributed by atoms with Crippen LogP contribution in [0.15, 0.2) is 0 Å². The lowest BCUT2D eigenvalue weighted by Gasteiger charge is -2.04. The second-order valence-corrected chi connectivity index (χ2v) is 1.51. The Hall–Kier alpha value is -0.350. The van der Waals surface area contributed by atoms with Gasteiger partial charge in [-0.3, -0.25) is 4.79 Å². The van der Waals surface area contributed by atoms with Crippen molar-refractivity contribution in [3.05, 3.63) is 0 Å². The van der Waals surface area contributed by atoms with E-state index < -0.39 is 18.7 Å². The summed E-state index contributed by atoms with van der Waals surface area (Å²) in [6.45, 7) is 1.02. The topological polar surface area (TPSA) is 52.3 Å². The lowest BCUT2D eigenvalue weighted by atomic mass is 10.4. The van der Waals surface area contributed by atoms with Crippen molar-refractivity contribution in [1.29, 1.82) is 0 Å². The Morgan fingerprint density at radius 1 is 1.80 bits per heavy atom. The molecule has 0 radical (unpaired) electrons. The molecule has 0 saturated heterocycles. The minimum atomic E-state index is -1.11. The van der Waals surface area contributed by atoms with Crippen LogP contribution in [0.2, 0.25) is 0 Å². The molecule has 10 heavy (non-hydrogen) atoms. The fourth-order valence-corrected chi connectivity index (χ4v) is 0.312. The first kappa shape index (κ1) is 12.3. The van der Waals surface area contributed by atoms with Crippen molar-refractivity contribution in [2.45, 2.75) is 13.0 Å². The van der Waals surface area contributed by atoms with E-state index in [0.29, 0.717) is 0 Å². The normalized spacial score (nSPS) is 11.5. The molecule has 0 bridgehead atoms. The number of carbonyl (C=O) groups is 1. The van der Waals surface area contributed by atoms with Crippen molar-refractivity contribution >= 4 is 18.4 Å². The predicted molar refractivity (Wildman–Crippen MR) is 37.8 cm³/mol. The molecule has 0 fully saturated rings. The van der Waals surface area contributed by atoms with E-state index in [1.807, 2.05) is 0 Å². The molecule has 1 unspecified atom stereocenters. The molecule has 0 aliphatic heterocycles. The minimum absolute atomic E-state index is 0. The monoisotopic (exact) mass is 171 g/mol. The average Bonchev–Trinajstić information content (AvgIpc) is 1.87. The Kier molecular flexibility index (Phi) is 8.35. The third kappa shape index (κ3) is 4.52. The largest absolute Gasteiger partial charge is 0.465 e. The van der Waals surface area contributed by atoms with Gasteiger partial charge in [0.2, 0.25) is 0 Å². The standard InChI is InChI=1S/C5H10FNO2.ClH/c1-2-9-5(8)4(7)3-6;/h4H,2-3,7H2,1H3;1H. The minimum Gasteiger partial charge on any atom is -0.465 e. The summed E-state index contributed by atoms with van der Waals surface area (Å²) in [7, 11) is 0. The van der Waals surface area contributed by atoms with Gasteiger partial charge in [-0.05, 0) is 6.92 Å². The molecule has 0 aromatic heterocycles. The molecule has 1 atom stereocenters. The zero-order valence-corrected chi connectivity index (χ0v) is 6.49. The van der Waals surface area contributed by atoms with E-state index in [1.165, 1.54) is 0 Å². The van der Waals surface area contributed by atoms with E-state index in [2.05, 4.69) is 4.74 Å². The first-order valence-corrected chi connectivity index (χ1v) is 2.70. The first-order valence-electron chi connectivity index (χ1n) is 2.70. The Morgan fingerprint density at radius 2 is 2.30 bits per heavy atom. The predicted octanol–water partition coefficient (Wildman–Crippen LogP) is 0.268. The third-order valence-electron chi connectivity index (χ3n) is 0.756. The maximum absolute atomic E-state index is 11.5. The van der Waals surface area contributed by atoms with Gasteiger partial charge in [-0.2, -0.15) is 0 Å². The highest BCUT2D eigenvalue weighted by Crippen LogP contribution is 1.85. The van der Waals surface area contributed by atoms with Crippen LogP contribution in [0.3, 0.4) is 0 Å². The smallest absolute Gasteiger partial charge is 0.325 e. The van der Waals surface area contributed by atoms with Gasteiger partial charge in [0, 0.05) is 0 Å². The summed E-state index contributed by atoms with van der Waals surface area (Å²) in [5, 5.41) is 0. The molecule has 0 aliphatic carbocycles. The average molecular weight is 172 g/mol. The number of nitrogens with two attached hydrogens (primary N) is 1. The van der Waals surface area contributed by atoms with Gasteiger partial charge in [0.25, 0.3) is 0 Å². The van der Waals surface area contributed by atoms with Gasteiger partial charge >= 0.3 is 5.97 Å². The molecule has 0 rings (SSSR count). The van der Waals surface area contributed by atoms with Crippen molar-refractivity contribution in [3.63, 3.8) is 0 Å². The van der Waals surface area contributed by atoms with E-state index in [4.69, 9.17) is 5.73 Å². The van der Waals surface area contributed by atoms with E-state index in [9.17, 15) is 9.18 Å². The quantitative estimate of drug-likeness (QED) is 0.621. The van der Waals surface area contributed by atoms with Gasteiger partial charge in [-0.15, -0.1) is 12.4 Å². The van der Waals surface area contributed by atoms with Gasteiger partial charge in [0.1, 0.15) is 12.7 Å². The van der Waals surface area contributed by atoms with E-state index in [1.54, 1.807) is 6.92 Å². The molecule has 62 valence electrons. The molecular weight excluding hydrogens is 161 g/mol. The molecule has 0 aromatic rings. The molecule has 0 heterocycles. The second-order valence-electron chi connectivity index (χ2n) is 1.51. The third-order valence-corrected chi connectivity index (χ3v) is 0.756. The van der Waals surface area contributed by atoms with Crippen LogP contribution in [0.25, 0.3) is 0 Å². The summed E-state index contributed by atoms with van der Waals surface area (Å²) in [5.41, 5.74) is 4.95. The number of hydrogen-bond acceptors (Lipinski definition) is 3. The lowest BCUT2D eigenvalue weighted by Crippen LogP contribution is -2.34. The van der Waals surface area contributed by atoms with Crippen molar-refractivity contribution in [2.75, 3.05) is 13.3 Å². The first-order chi connectivity index (χ1) is 4.22. The fraction of sp³-hybridized carbons (Fsp3) is 0.800. The molecule has 0 aliphatic rings. The van der Waals surface area contributed by atoms with Gasteiger partial charge < -0.3 is 10.5 Å². The van der Waals surface area contributed by atoms with Crippen LogP contribution >= 0.6 is 12.4 Å². The number of ether oxygens (including phenoxy) is 1. The summed E-state index contributed by atoms with van der Waals surface area (Å²) >= 11 is 0. The molecule has 2 N–H and O–H groups in total. The summed E-state index contributed by atoms with van der Waals surface area (Å²) in [4.78, 5) is 10.4. The highest BCUT2D eigenvalue weighted by molar-refractivity contribution is 5.85. The maximum Gasteiger partial charge on any atom is 0.325 e. The highest BCUT2D eigenvalue weighted by Gasteiger charge is 2.12. The van der Waals surface area contributed by atoms with Crippen molar-refractivity contribution in [1.82, 2.24) is 0 Å². The molecule has 0 amide bonds. The van der Waals surface area contributed by atoms with Crippen LogP contribution in [-0.2, 0) is 9.53 Å². The molecule has 0 spiro atoms. The van der Waals surface area contributed by atoms with Crippen molar-refractivity contribution in [2.24, 2.45) is 5.73 Å². The zero-order chi connectivity index (χ0) is 7.28. The maximum atomic E-state index is 11.5. The molecule has 5 heteroatoms. The van der Waals surface area contributed by atoms with Crippen LogP contribution in [-0.4, -0.2) is 25.3 Å². The number of halogens is 2. The second kappa shape index (κ2) is 6.77. The van der Waals surface area contributed by atoms with Gasteiger partial charge in [0.15, 0.2) is 0 Å². The fourth-order valence-electron chi connectivity index (χ4n) is 0.312. The molecule has 0 aromatic carbocycles. The molecular formula is C5H11ClFNO2. The summed E-state index contributed by atoms with van der Waals surface area (Å²) < 4.78 is 15.9. The van der Waals surface area contributed by atoms with Crippen molar-refractivity contribution < 1.29 is 13.9 Å². The number of hydrogen-bond donors (Lipinski definition) is 1. The summed E-state index contributed by atoms with van der Waals surface area (Å²) in [6.07, 6.45) is 0. The van der Waals surface area contributed by atoms with Gasteiger partial charge in [0.05, 0.1) is 6.61 Å². The van der Waals surface area contributed by atoms with E-state index in [-0.39, 0.29) is 19.0 Å². The lowest BCUT2D eigenvalue weighted by molar-refractivity contribution is -0.145. The Bertz CT molecular complexity index is 102. The Morgan fingerprint density at radius 3 is 2.60 bits per heavy atom. The van der Waals surface area contributed by atoms with Gasteiger partial charge in [-0.25, -0.2) is 4.39 Å². The summed E-state index contributed by atoms with van der Waals surface area (Å²) in [6, 6.07) is -1.11. The Labute approximate surface area is 65.1 Å². The number of rotatable bonds is 3. The molecule has 0 saturated carbocycles. The van der Waals surface area contributed by atoms with Crippen LogP contribution < -0.4 is 5.73 Å². The van der Waals surface area contributed by atoms with Crippen LogP contribution in [0.5, 0.6) is 0 Å². The SMILES string of the molecule is CCOC(=O)C(N)CF.Cl. The van der Waals surface area contributed by atoms with E-state index >= 15 is 0 Å². The number of alkyl halides is 1. The zero-order valence-electron chi connectivity index (χ0n) is 5.67. The van der Waals surface area contributed by atoms with Gasteiger partial charge in [-0.1, -0.05) is 0 Å². The highest BCUT2D eigenvalue weighted by atomic mass is 35.5. The van der Waals surface area contributed by atoms with Crippen LogP contribution in [0.4, 0.5) is 4.39 Å². The number of carbonyl (C=O) groups excluding carboxylic acids is 1. The van der Waals surface area contributed by atoms with E-state index in [0.717, 1.165) is 0 Å². The molecule has 3 nitrogen and oxygen atoms in total. The van der Waals surface area contributed by atoms with Crippen LogP contribution in [0.1, 0.15) is 6.92 Å². The Balaban J connectivity index is 0. The van der Waals surface area contributed by atoms with Crippen LogP contribution in [0, 0.1) is 0 Å². The van der Waals surface area contributed by atoms with Crippen molar-refractivity contribution in [3.8, 4) is 0 Å².